The van der Waals surface area contributed by atoms with Gasteiger partial charge in [-0.05, 0) is 49.4 Å². The molecule has 3 heteroatoms. The number of halogens is 1. The monoisotopic (exact) mass is 339 g/mol. The van der Waals surface area contributed by atoms with E-state index in [0.29, 0.717) is 5.41 Å². The van der Waals surface area contributed by atoms with Crippen LogP contribution in [-0.2, 0) is 0 Å². The summed E-state index contributed by atoms with van der Waals surface area (Å²) in [7, 11) is 0. The summed E-state index contributed by atoms with van der Waals surface area (Å²) in [5.74, 6) is 0.966. The molecule has 20 heavy (non-hydrogen) atoms. The first-order chi connectivity index (χ1) is 9.74. The van der Waals surface area contributed by atoms with Crippen LogP contribution < -0.4 is 10.1 Å². The molecule has 0 aromatic heterocycles. The zero-order chi connectivity index (χ0) is 14.3. The number of rotatable bonds is 7. The maximum Gasteiger partial charge on any atom is 0.120 e. The first kappa shape index (κ1) is 15.8. The second-order valence-electron chi connectivity index (χ2n) is 5.90. The Bertz CT molecular complexity index is 402. The Morgan fingerprint density at radius 3 is 2.75 bits per heavy atom. The number of hydrogen-bond acceptors (Lipinski definition) is 2. The molecular formula is C17H26BrNO. The van der Waals surface area contributed by atoms with Crippen molar-refractivity contribution in [3.63, 3.8) is 0 Å². The minimum absolute atomic E-state index is 0.459. The van der Waals surface area contributed by atoms with Crippen molar-refractivity contribution in [1.29, 1.82) is 0 Å². The molecule has 0 amide bonds. The summed E-state index contributed by atoms with van der Waals surface area (Å²) in [6.45, 7) is 5.22. The average Bonchev–Trinajstić information content (AvgIpc) is 2.46. The summed E-state index contributed by atoms with van der Waals surface area (Å²) in [6.07, 6.45) is 8.02. The van der Waals surface area contributed by atoms with E-state index in [4.69, 9.17) is 4.74 Å². The van der Waals surface area contributed by atoms with E-state index in [1.165, 1.54) is 32.1 Å². The molecule has 1 aliphatic rings. The Balaban J connectivity index is 1.85. The van der Waals surface area contributed by atoms with Crippen molar-refractivity contribution >= 4 is 15.9 Å². The minimum atomic E-state index is 0.459. The Hall–Kier alpha value is -0.540. The van der Waals surface area contributed by atoms with Crippen LogP contribution in [0.2, 0.25) is 0 Å². The highest BCUT2D eigenvalue weighted by atomic mass is 79.9. The van der Waals surface area contributed by atoms with Crippen molar-refractivity contribution in [1.82, 2.24) is 5.32 Å². The fourth-order valence-electron chi connectivity index (χ4n) is 3.15. The van der Waals surface area contributed by atoms with E-state index >= 15 is 0 Å². The van der Waals surface area contributed by atoms with Crippen LogP contribution in [-0.4, -0.2) is 19.7 Å². The quantitative estimate of drug-likeness (QED) is 0.771. The third-order valence-electron chi connectivity index (χ3n) is 4.36. The predicted molar refractivity (Wildman–Crippen MR) is 88.3 cm³/mol. The van der Waals surface area contributed by atoms with Crippen molar-refractivity contribution in [2.75, 3.05) is 19.7 Å². The standard InChI is InChI=1S/C17H26BrNO/c1-2-19-14-17(9-4-3-5-10-17)11-12-20-16-8-6-7-15(18)13-16/h6-8,13,19H,2-5,9-12,14H2,1H3. The summed E-state index contributed by atoms with van der Waals surface area (Å²) < 4.78 is 7.02. The van der Waals surface area contributed by atoms with E-state index in [-0.39, 0.29) is 0 Å². The smallest absolute Gasteiger partial charge is 0.120 e. The van der Waals surface area contributed by atoms with E-state index in [0.717, 1.165) is 36.3 Å². The van der Waals surface area contributed by atoms with Gasteiger partial charge >= 0.3 is 0 Å². The first-order valence-corrected chi connectivity index (χ1v) is 8.62. The zero-order valence-corrected chi connectivity index (χ0v) is 14.0. The van der Waals surface area contributed by atoms with Crippen LogP contribution in [0, 0.1) is 5.41 Å². The Labute approximate surface area is 131 Å². The maximum absolute atomic E-state index is 5.94. The van der Waals surface area contributed by atoms with E-state index in [9.17, 15) is 0 Å². The van der Waals surface area contributed by atoms with Gasteiger partial charge < -0.3 is 10.1 Å². The van der Waals surface area contributed by atoms with Gasteiger partial charge in [0, 0.05) is 11.0 Å². The van der Waals surface area contributed by atoms with Crippen LogP contribution in [0.25, 0.3) is 0 Å². The second-order valence-corrected chi connectivity index (χ2v) is 6.81. The molecule has 1 fully saturated rings. The van der Waals surface area contributed by atoms with Gasteiger partial charge in [0.25, 0.3) is 0 Å². The topological polar surface area (TPSA) is 21.3 Å². The highest BCUT2D eigenvalue weighted by molar-refractivity contribution is 9.10. The molecule has 0 bridgehead atoms. The summed E-state index contributed by atoms with van der Waals surface area (Å²) in [4.78, 5) is 0. The third kappa shape index (κ3) is 4.78. The molecule has 0 saturated heterocycles. The minimum Gasteiger partial charge on any atom is -0.494 e. The Kier molecular flexibility index (Phi) is 6.37. The molecular weight excluding hydrogens is 314 g/mol. The van der Waals surface area contributed by atoms with E-state index in [2.05, 4.69) is 28.2 Å². The SMILES string of the molecule is CCNCC1(CCOc2cccc(Br)c2)CCCCC1. The Morgan fingerprint density at radius 2 is 2.05 bits per heavy atom. The molecule has 1 aromatic rings. The normalized spacial score (nSPS) is 17.9. The molecule has 1 N–H and O–H groups in total. The molecule has 1 aromatic carbocycles. The number of nitrogens with one attached hydrogen (secondary N) is 1. The van der Waals surface area contributed by atoms with Crippen LogP contribution in [0.15, 0.2) is 28.7 Å². The summed E-state index contributed by atoms with van der Waals surface area (Å²) in [6, 6.07) is 8.12. The number of benzene rings is 1. The van der Waals surface area contributed by atoms with Gasteiger partial charge in [-0.1, -0.05) is 48.2 Å². The number of ether oxygens (including phenoxy) is 1. The van der Waals surface area contributed by atoms with Crippen LogP contribution in [0.5, 0.6) is 5.75 Å². The largest absolute Gasteiger partial charge is 0.494 e. The van der Waals surface area contributed by atoms with Crippen LogP contribution in [0.4, 0.5) is 0 Å². The highest BCUT2D eigenvalue weighted by Gasteiger charge is 2.31. The van der Waals surface area contributed by atoms with Crippen LogP contribution in [0.1, 0.15) is 45.4 Å². The molecule has 0 radical (unpaired) electrons. The lowest BCUT2D eigenvalue weighted by Crippen LogP contribution is -2.37. The maximum atomic E-state index is 5.94. The van der Waals surface area contributed by atoms with Gasteiger partial charge in [0.1, 0.15) is 5.75 Å². The summed E-state index contributed by atoms with van der Waals surface area (Å²) >= 11 is 3.49. The number of hydrogen-bond donors (Lipinski definition) is 1. The van der Waals surface area contributed by atoms with Gasteiger partial charge in [-0.15, -0.1) is 0 Å². The fraction of sp³-hybridized carbons (Fsp3) is 0.647. The second kappa shape index (κ2) is 8.04. The van der Waals surface area contributed by atoms with Gasteiger partial charge in [0.05, 0.1) is 6.61 Å². The van der Waals surface area contributed by atoms with Gasteiger partial charge in [-0.25, -0.2) is 0 Å². The fourth-order valence-corrected chi connectivity index (χ4v) is 3.53. The van der Waals surface area contributed by atoms with Crippen molar-refractivity contribution in [3.05, 3.63) is 28.7 Å². The molecule has 0 spiro atoms. The Morgan fingerprint density at radius 1 is 1.25 bits per heavy atom. The molecule has 1 aliphatic carbocycles. The third-order valence-corrected chi connectivity index (χ3v) is 4.85. The molecule has 2 nitrogen and oxygen atoms in total. The van der Waals surface area contributed by atoms with Crippen LogP contribution >= 0.6 is 15.9 Å². The lowest BCUT2D eigenvalue weighted by atomic mass is 9.72. The lowest BCUT2D eigenvalue weighted by molar-refractivity contribution is 0.134. The highest BCUT2D eigenvalue weighted by Crippen LogP contribution is 2.38. The van der Waals surface area contributed by atoms with Crippen molar-refractivity contribution < 1.29 is 4.74 Å². The summed E-state index contributed by atoms with van der Waals surface area (Å²) in [5, 5.41) is 3.55. The molecule has 2 rings (SSSR count). The van der Waals surface area contributed by atoms with E-state index in [1.54, 1.807) is 0 Å². The molecule has 1 saturated carbocycles. The van der Waals surface area contributed by atoms with Crippen LogP contribution in [0.3, 0.4) is 0 Å². The average molecular weight is 340 g/mol. The molecule has 0 unspecified atom stereocenters. The van der Waals surface area contributed by atoms with Gasteiger partial charge in [0.2, 0.25) is 0 Å². The molecule has 112 valence electrons. The molecule has 0 atom stereocenters. The zero-order valence-electron chi connectivity index (χ0n) is 12.5. The van der Waals surface area contributed by atoms with E-state index in [1.807, 2.05) is 24.3 Å². The predicted octanol–water partition coefficient (Wildman–Crippen LogP) is 4.78. The van der Waals surface area contributed by atoms with Crippen molar-refractivity contribution in [2.24, 2.45) is 5.41 Å². The van der Waals surface area contributed by atoms with E-state index < -0.39 is 0 Å². The molecule has 0 heterocycles. The van der Waals surface area contributed by atoms with Gasteiger partial charge in [0.15, 0.2) is 0 Å². The lowest BCUT2D eigenvalue weighted by Gasteiger charge is -2.37. The van der Waals surface area contributed by atoms with Gasteiger partial charge in [-0.3, -0.25) is 0 Å². The summed E-state index contributed by atoms with van der Waals surface area (Å²) in [5.41, 5.74) is 0.459. The van der Waals surface area contributed by atoms with Crippen molar-refractivity contribution in [3.8, 4) is 5.75 Å². The van der Waals surface area contributed by atoms with Crippen molar-refractivity contribution in [2.45, 2.75) is 45.4 Å². The first-order valence-electron chi connectivity index (χ1n) is 7.83. The van der Waals surface area contributed by atoms with Gasteiger partial charge in [-0.2, -0.15) is 0 Å². The molecule has 0 aliphatic heterocycles.